The van der Waals surface area contributed by atoms with Crippen molar-refractivity contribution in [3.8, 4) is 0 Å². The number of allylic oxidation sites excluding steroid dienone is 2. The first-order chi connectivity index (χ1) is 11.0. The second kappa shape index (κ2) is 6.56. The highest BCUT2D eigenvalue weighted by atomic mass is 16.6. The minimum Gasteiger partial charge on any atom is -0.459 e. The SMILES string of the molecule is CCN(CC)CC1C(=O)OC2C1CC/C(C)=C\CCC1(C)OC21. The Morgan fingerprint density at radius 3 is 2.78 bits per heavy atom. The van der Waals surface area contributed by atoms with Gasteiger partial charge in [0.25, 0.3) is 0 Å². The van der Waals surface area contributed by atoms with Crippen LogP contribution in [0.25, 0.3) is 0 Å². The Balaban J connectivity index is 1.80. The summed E-state index contributed by atoms with van der Waals surface area (Å²) in [5, 5.41) is 0. The molecule has 0 N–H and O–H groups in total. The monoisotopic (exact) mass is 321 g/mol. The maximum atomic E-state index is 12.5. The fourth-order valence-electron chi connectivity index (χ4n) is 4.31. The molecule has 0 aromatic carbocycles. The molecule has 0 saturated carbocycles. The van der Waals surface area contributed by atoms with Gasteiger partial charge in [0, 0.05) is 12.5 Å². The molecular formula is C19H31NO3. The minimum atomic E-state index is -0.0958. The molecule has 0 amide bonds. The van der Waals surface area contributed by atoms with Gasteiger partial charge in [-0.15, -0.1) is 0 Å². The van der Waals surface area contributed by atoms with Crippen LogP contribution in [0.15, 0.2) is 11.6 Å². The van der Waals surface area contributed by atoms with Crippen molar-refractivity contribution in [3.63, 3.8) is 0 Å². The smallest absolute Gasteiger partial charge is 0.311 e. The number of hydrogen-bond donors (Lipinski definition) is 0. The predicted octanol–water partition coefficient (Wildman–Crippen LogP) is 3.16. The van der Waals surface area contributed by atoms with Gasteiger partial charge in [-0.3, -0.25) is 4.79 Å². The highest BCUT2D eigenvalue weighted by molar-refractivity contribution is 5.75. The van der Waals surface area contributed by atoms with Crippen molar-refractivity contribution < 1.29 is 14.3 Å². The zero-order chi connectivity index (χ0) is 16.6. The fourth-order valence-corrected chi connectivity index (χ4v) is 4.31. The zero-order valence-corrected chi connectivity index (χ0v) is 15.0. The van der Waals surface area contributed by atoms with E-state index in [2.05, 4.69) is 38.7 Å². The molecule has 4 nitrogen and oxygen atoms in total. The Labute approximate surface area is 140 Å². The lowest BCUT2D eigenvalue weighted by molar-refractivity contribution is -0.145. The molecule has 0 bridgehead atoms. The molecule has 4 heteroatoms. The maximum Gasteiger partial charge on any atom is 0.311 e. The number of carbonyl (C=O) groups is 1. The number of carbonyl (C=O) groups excluding carboxylic acids is 1. The van der Waals surface area contributed by atoms with E-state index < -0.39 is 0 Å². The van der Waals surface area contributed by atoms with Crippen molar-refractivity contribution in [1.82, 2.24) is 4.90 Å². The molecule has 0 spiro atoms. The third-order valence-electron chi connectivity index (χ3n) is 6.09. The number of rotatable bonds is 4. The molecule has 2 heterocycles. The lowest BCUT2D eigenvalue weighted by atomic mass is 9.80. The summed E-state index contributed by atoms with van der Waals surface area (Å²) in [5.41, 5.74) is 1.34. The van der Waals surface area contributed by atoms with Gasteiger partial charge in [-0.2, -0.15) is 0 Å². The van der Waals surface area contributed by atoms with Gasteiger partial charge in [0.05, 0.1) is 11.5 Å². The van der Waals surface area contributed by atoms with Crippen LogP contribution < -0.4 is 0 Å². The summed E-state index contributed by atoms with van der Waals surface area (Å²) in [5.74, 6) is 0.280. The molecule has 2 aliphatic heterocycles. The van der Waals surface area contributed by atoms with Gasteiger partial charge in [-0.25, -0.2) is 0 Å². The van der Waals surface area contributed by atoms with Crippen molar-refractivity contribution in [2.45, 2.75) is 71.2 Å². The quantitative estimate of drug-likeness (QED) is 0.453. The Kier molecular flexibility index (Phi) is 4.84. The number of nitrogens with zero attached hydrogens (tertiary/aromatic N) is 1. The van der Waals surface area contributed by atoms with E-state index in [1.165, 1.54) is 5.57 Å². The van der Waals surface area contributed by atoms with Crippen molar-refractivity contribution in [2.75, 3.05) is 19.6 Å². The Morgan fingerprint density at radius 2 is 2.09 bits per heavy atom. The van der Waals surface area contributed by atoms with Crippen LogP contribution in [0.3, 0.4) is 0 Å². The average Bonchev–Trinajstić information content (AvgIpc) is 3.09. The van der Waals surface area contributed by atoms with E-state index in [0.29, 0.717) is 0 Å². The maximum absolute atomic E-state index is 12.5. The van der Waals surface area contributed by atoms with Crippen LogP contribution in [0, 0.1) is 11.8 Å². The summed E-state index contributed by atoms with van der Waals surface area (Å²) >= 11 is 0. The van der Waals surface area contributed by atoms with Gasteiger partial charge < -0.3 is 14.4 Å². The van der Waals surface area contributed by atoms with Crippen LogP contribution >= 0.6 is 0 Å². The topological polar surface area (TPSA) is 42.1 Å². The summed E-state index contributed by atoms with van der Waals surface area (Å²) in [6.45, 7) is 11.5. The lowest BCUT2D eigenvalue weighted by Gasteiger charge is -2.26. The summed E-state index contributed by atoms with van der Waals surface area (Å²) in [6.07, 6.45) is 6.59. The number of hydrogen-bond acceptors (Lipinski definition) is 4. The van der Waals surface area contributed by atoms with Crippen LogP contribution in [0.4, 0.5) is 0 Å². The molecular weight excluding hydrogens is 290 g/mol. The molecule has 0 aromatic rings. The highest BCUT2D eigenvalue weighted by Crippen LogP contribution is 2.50. The molecule has 130 valence electrons. The average molecular weight is 321 g/mol. The predicted molar refractivity (Wildman–Crippen MR) is 90.2 cm³/mol. The number of fused-ring (bicyclic) bond motifs is 3. The van der Waals surface area contributed by atoms with E-state index in [-0.39, 0.29) is 35.6 Å². The molecule has 2 saturated heterocycles. The van der Waals surface area contributed by atoms with E-state index >= 15 is 0 Å². The fraction of sp³-hybridized carbons (Fsp3) is 0.842. The first-order valence-corrected chi connectivity index (χ1v) is 9.24. The van der Waals surface area contributed by atoms with Gasteiger partial charge in [0.2, 0.25) is 0 Å². The van der Waals surface area contributed by atoms with Gasteiger partial charge in [-0.1, -0.05) is 25.5 Å². The molecule has 0 aromatic heterocycles. The Bertz CT molecular complexity index is 485. The van der Waals surface area contributed by atoms with Gasteiger partial charge in [0.1, 0.15) is 12.2 Å². The molecule has 0 radical (unpaired) electrons. The van der Waals surface area contributed by atoms with E-state index in [1.807, 2.05) is 0 Å². The van der Waals surface area contributed by atoms with E-state index in [1.54, 1.807) is 0 Å². The summed E-state index contributed by atoms with van der Waals surface area (Å²) < 4.78 is 11.9. The standard InChI is InChI=1S/C19H31NO3/c1-5-20(6-2)12-15-14-10-9-13(3)8-7-11-19(4)17(23-19)16(14)22-18(15)21/h8,14-17H,5-7,9-12H2,1-4H3/b13-8-. The number of ether oxygens (including phenoxy) is 2. The van der Waals surface area contributed by atoms with Crippen LogP contribution in [0.5, 0.6) is 0 Å². The van der Waals surface area contributed by atoms with Crippen molar-refractivity contribution in [1.29, 1.82) is 0 Å². The van der Waals surface area contributed by atoms with E-state index in [0.717, 1.165) is 45.3 Å². The third-order valence-corrected chi connectivity index (χ3v) is 6.09. The first kappa shape index (κ1) is 17.0. The first-order valence-electron chi connectivity index (χ1n) is 9.24. The Hall–Kier alpha value is -0.870. The summed E-state index contributed by atoms with van der Waals surface area (Å²) in [6, 6.07) is 0. The highest BCUT2D eigenvalue weighted by Gasteiger charge is 2.62. The Morgan fingerprint density at radius 1 is 1.35 bits per heavy atom. The molecule has 2 fully saturated rings. The van der Waals surface area contributed by atoms with Gasteiger partial charge in [-0.05, 0) is 52.6 Å². The number of epoxide rings is 1. The molecule has 23 heavy (non-hydrogen) atoms. The number of esters is 1. The molecule has 5 atom stereocenters. The molecule has 1 aliphatic carbocycles. The lowest BCUT2D eigenvalue weighted by Crippen LogP contribution is -2.36. The molecule has 3 rings (SSSR count). The normalized spacial score (nSPS) is 42.5. The van der Waals surface area contributed by atoms with Crippen molar-refractivity contribution in [2.24, 2.45) is 11.8 Å². The summed E-state index contributed by atoms with van der Waals surface area (Å²) in [7, 11) is 0. The minimum absolute atomic E-state index is 0.000534. The van der Waals surface area contributed by atoms with E-state index in [9.17, 15) is 4.79 Å². The third kappa shape index (κ3) is 3.34. The largest absolute Gasteiger partial charge is 0.459 e. The van der Waals surface area contributed by atoms with Gasteiger partial charge >= 0.3 is 5.97 Å². The van der Waals surface area contributed by atoms with E-state index in [4.69, 9.17) is 9.47 Å². The van der Waals surface area contributed by atoms with Crippen LogP contribution in [0.2, 0.25) is 0 Å². The molecule has 3 aliphatic rings. The van der Waals surface area contributed by atoms with Crippen molar-refractivity contribution in [3.05, 3.63) is 11.6 Å². The summed E-state index contributed by atoms with van der Waals surface area (Å²) in [4.78, 5) is 14.9. The van der Waals surface area contributed by atoms with Crippen LogP contribution in [-0.4, -0.2) is 48.3 Å². The van der Waals surface area contributed by atoms with Crippen molar-refractivity contribution >= 4 is 5.97 Å². The second-order valence-electron chi connectivity index (χ2n) is 7.64. The zero-order valence-electron chi connectivity index (χ0n) is 15.0. The molecule has 5 unspecified atom stereocenters. The van der Waals surface area contributed by atoms with Crippen LogP contribution in [-0.2, 0) is 14.3 Å². The van der Waals surface area contributed by atoms with Gasteiger partial charge in [0.15, 0.2) is 0 Å². The second-order valence-corrected chi connectivity index (χ2v) is 7.64. The van der Waals surface area contributed by atoms with Crippen LogP contribution in [0.1, 0.15) is 53.4 Å².